The van der Waals surface area contributed by atoms with Crippen molar-refractivity contribution in [1.82, 2.24) is 9.88 Å². The largest absolute Gasteiger partial charge is 0.493 e. The minimum atomic E-state index is -0.762. The van der Waals surface area contributed by atoms with Crippen LogP contribution in [0.15, 0.2) is 83.3 Å². The molecule has 3 aromatic carbocycles. The van der Waals surface area contributed by atoms with Crippen LogP contribution < -0.4 is 4.74 Å². The van der Waals surface area contributed by atoms with Gasteiger partial charge < -0.3 is 14.3 Å². The van der Waals surface area contributed by atoms with E-state index >= 15 is 0 Å². The van der Waals surface area contributed by atoms with Crippen molar-refractivity contribution in [3.63, 3.8) is 0 Å². The maximum absolute atomic E-state index is 11.4. The van der Waals surface area contributed by atoms with Gasteiger partial charge in [-0.05, 0) is 47.9 Å². The molecule has 4 aromatic rings. The van der Waals surface area contributed by atoms with Crippen molar-refractivity contribution in [1.29, 1.82) is 0 Å². The lowest BCUT2D eigenvalue weighted by Crippen LogP contribution is -2.37. The summed E-state index contributed by atoms with van der Waals surface area (Å²) in [4.78, 5) is 18.1. The Bertz CT molecular complexity index is 1320. The Hall–Kier alpha value is -3.55. The second-order valence-corrected chi connectivity index (χ2v) is 9.81. The molecule has 1 saturated heterocycles. The third kappa shape index (κ3) is 5.64. The summed E-state index contributed by atoms with van der Waals surface area (Å²) >= 11 is 1.65. The Kier molecular flexibility index (Phi) is 7.39. The Labute approximate surface area is 214 Å². The lowest BCUT2D eigenvalue weighted by atomic mass is 10.0. The Morgan fingerprint density at radius 3 is 2.58 bits per heavy atom. The third-order valence-corrected chi connectivity index (χ3v) is 7.35. The molecular weight excluding hydrogens is 472 g/mol. The van der Waals surface area contributed by atoms with E-state index in [4.69, 9.17) is 14.1 Å². The molecule has 184 valence electrons. The van der Waals surface area contributed by atoms with Gasteiger partial charge in [0.1, 0.15) is 17.6 Å². The first-order chi connectivity index (χ1) is 17.6. The summed E-state index contributed by atoms with van der Waals surface area (Å²) in [5.41, 5.74) is 5.19. The summed E-state index contributed by atoms with van der Waals surface area (Å²) in [5.74, 6) is 2.76. The van der Waals surface area contributed by atoms with E-state index in [0.717, 1.165) is 39.8 Å². The van der Waals surface area contributed by atoms with E-state index in [1.165, 1.54) is 5.56 Å². The van der Waals surface area contributed by atoms with Crippen LogP contribution in [-0.2, 0) is 17.8 Å². The van der Waals surface area contributed by atoms with E-state index in [-0.39, 0.29) is 0 Å². The van der Waals surface area contributed by atoms with Gasteiger partial charge >= 0.3 is 5.97 Å². The molecule has 0 aliphatic carbocycles. The summed E-state index contributed by atoms with van der Waals surface area (Å²) in [6.45, 7) is 2.99. The number of hydrogen-bond acceptors (Lipinski definition) is 6. The Morgan fingerprint density at radius 2 is 1.81 bits per heavy atom. The number of oxazole rings is 1. The molecule has 1 atom stereocenters. The molecule has 1 fully saturated rings. The monoisotopic (exact) mass is 500 g/mol. The van der Waals surface area contributed by atoms with Gasteiger partial charge in [0.2, 0.25) is 5.89 Å². The highest BCUT2D eigenvalue weighted by molar-refractivity contribution is 7.99. The van der Waals surface area contributed by atoms with Gasteiger partial charge in [0.05, 0.1) is 12.3 Å². The van der Waals surface area contributed by atoms with Crippen LogP contribution in [0, 0.1) is 6.92 Å². The molecule has 0 spiro atoms. The fourth-order valence-corrected chi connectivity index (χ4v) is 5.50. The minimum Gasteiger partial charge on any atom is -0.493 e. The van der Waals surface area contributed by atoms with Crippen molar-refractivity contribution in [2.45, 2.75) is 25.9 Å². The highest BCUT2D eigenvalue weighted by Crippen LogP contribution is 2.27. The summed E-state index contributed by atoms with van der Waals surface area (Å²) in [5, 5.41) is 9.40. The number of aliphatic carboxylic acids is 1. The minimum absolute atomic E-state index is 0.432. The van der Waals surface area contributed by atoms with Gasteiger partial charge in [-0.1, -0.05) is 54.6 Å². The zero-order valence-corrected chi connectivity index (χ0v) is 20.9. The fraction of sp³-hybridized carbons (Fsp3) is 0.241. The number of aromatic nitrogens is 1. The molecule has 5 rings (SSSR count). The number of thioether (sulfide) groups is 1. The van der Waals surface area contributed by atoms with Gasteiger partial charge in [-0.15, -0.1) is 11.8 Å². The van der Waals surface area contributed by atoms with E-state index in [1.807, 2.05) is 66.4 Å². The number of aryl methyl sites for hydroxylation is 1. The van der Waals surface area contributed by atoms with Crippen LogP contribution in [0.25, 0.3) is 22.6 Å². The van der Waals surface area contributed by atoms with Crippen LogP contribution in [0.5, 0.6) is 5.75 Å². The predicted octanol–water partition coefficient (Wildman–Crippen LogP) is 5.90. The molecule has 1 aliphatic heterocycles. The molecule has 0 unspecified atom stereocenters. The van der Waals surface area contributed by atoms with Crippen molar-refractivity contribution in [2.24, 2.45) is 0 Å². The van der Waals surface area contributed by atoms with Gasteiger partial charge in [-0.2, -0.15) is 0 Å². The van der Waals surface area contributed by atoms with Crippen molar-refractivity contribution in [2.75, 3.05) is 18.2 Å². The Morgan fingerprint density at radius 1 is 1.06 bits per heavy atom. The molecular formula is C29H28N2O4S. The van der Waals surface area contributed by atoms with Crippen LogP contribution in [0.4, 0.5) is 0 Å². The van der Waals surface area contributed by atoms with Crippen LogP contribution in [0.2, 0.25) is 0 Å². The number of hydrogen-bond donors (Lipinski definition) is 1. The highest BCUT2D eigenvalue weighted by Gasteiger charge is 2.30. The van der Waals surface area contributed by atoms with Crippen molar-refractivity contribution in [3.8, 4) is 28.3 Å². The summed E-state index contributed by atoms with van der Waals surface area (Å²) in [7, 11) is 0. The molecule has 1 aromatic heterocycles. The first kappa shape index (κ1) is 24.2. The average Bonchev–Trinajstić information content (AvgIpc) is 3.51. The number of rotatable bonds is 9. The molecule has 0 saturated carbocycles. The number of benzene rings is 3. The maximum Gasteiger partial charge on any atom is 0.321 e. The van der Waals surface area contributed by atoms with Gasteiger partial charge in [0.15, 0.2) is 0 Å². The van der Waals surface area contributed by atoms with Gasteiger partial charge in [0, 0.05) is 30.2 Å². The standard InChI is InChI=1S/C29H28N2O4S/c1-20-26(30-28(35-20)24-12-10-23(11-13-24)22-7-3-2-4-8-22)14-15-34-25-9-5-6-21(16-25)17-31-19-36-18-27(31)29(32)33/h2-13,16,27H,14-15,17-19H2,1H3,(H,32,33)/t27-/m0/s1. The molecule has 0 amide bonds. The zero-order valence-electron chi connectivity index (χ0n) is 20.1. The maximum atomic E-state index is 11.4. The smallest absolute Gasteiger partial charge is 0.321 e. The third-order valence-electron chi connectivity index (χ3n) is 6.28. The molecule has 1 aliphatic rings. The van der Waals surface area contributed by atoms with E-state index in [9.17, 15) is 9.90 Å². The van der Waals surface area contributed by atoms with Crippen LogP contribution in [0.3, 0.4) is 0 Å². The van der Waals surface area contributed by atoms with Gasteiger partial charge in [-0.25, -0.2) is 4.98 Å². The van der Waals surface area contributed by atoms with E-state index in [1.54, 1.807) is 11.8 Å². The molecule has 1 N–H and O–H groups in total. The number of carbonyl (C=O) groups is 1. The predicted molar refractivity (Wildman–Crippen MR) is 142 cm³/mol. The summed E-state index contributed by atoms with van der Waals surface area (Å²) in [6, 6.07) is 25.9. The number of carboxylic acid groups (broad SMARTS) is 1. The quantitative estimate of drug-likeness (QED) is 0.307. The molecule has 7 heteroatoms. The lowest BCUT2D eigenvalue weighted by molar-refractivity contribution is -0.141. The molecule has 0 bridgehead atoms. The van der Waals surface area contributed by atoms with Gasteiger partial charge in [-0.3, -0.25) is 9.69 Å². The summed E-state index contributed by atoms with van der Waals surface area (Å²) < 4.78 is 12.0. The Balaban J connectivity index is 1.18. The molecule has 6 nitrogen and oxygen atoms in total. The summed E-state index contributed by atoms with van der Waals surface area (Å²) in [6.07, 6.45) is 0.630. The normalized spacial score (nSPS) is 15.8. The van der Waals surface area contributed by atoms with Crippen molar-refractivity contribution in [3.05, 3.63) is 95.9 Å². The van der Waals surface area contributed by atoms with Crippen LogP contribution in [0.1, 0.15) is 17.0 Å². The number of nitrogens with zero attached hydrogens (tertiary/aromatic N) is 2. The van der Waals surface area contributed by atoms with Crippen molar-refractivity contribution < 1.29 is 19.1 Å². The highest BCUT2D eigenvalue weighted by atomic mass is 32.2. The number of carboxylic acids is 1. The second kappa shape index (κ2) is 11.0. The first-order valence-electron chi connectivity index (χ1n) is 12.0. The van der Waals surface area contributed by atoms with Crippen LogP contribution in [-0.4, -0.2) is 45.2 Å². The van der Waals surface area contributed by atoms with Crippen LogP contribution >= 0.6 is 11.8 Å². The SMILES string of the molecule is Cc1oc(-c2ccc(-c3ccccc3)cc2)nc1CCOc1cccc(CN2CSC[C@H]2C(=O)O)c1. The van der Waals surface area contributed by atoms with E-state index < -0.39 is 12.0 Å². The van der Waals surface area contributed by atoms with E-state index in [0.29, 0.717) is 31.2 Å². The first-order valence-corrected chi connectivity index (χ1v) is 13.1. The van der Waals surface area contributed by atoms with E-state index in [2.05, 4.69) is 24.3 Å². The number of ether oxygens (including phenoxy) is 1. The molecule has 36 heavy (non-hydrogen) atoms. The molecule has 0 radical (unpaired) electrons. The topological polar surface area (TPSA) is 75.8 Å². The second-order valence-electron chi connectivity index (χ2n) is 8.81. The molecule has 2 heterocycles. The van der Waals surface area contributed by atoms with Gasteiger partial charge in [0.25, 0.3) is 0 Å². The lowest BCUT2D eigenvalue weighted by Gasteiger charge is -2.20. The average molecular weight is 501 g/mol. The fourth-order valence-electron chi connectivity index (χ4n) is 4.31. The van der Waals surface area contributed by atoms with Crippen molar-refractivity contribution >= 4 is 17.7 Å². The zero-order chi connectivity index (χ0) is 24.9.